The third kappa shape index (κ3) is 4.63. The van der Waals surface area contributed by atoms with Crippen LogP contribution in [0.4, 0.5) is 18.9 Å². The van der Waals surface area contributed by atoms with Crippen LogP contribution in [-0.2, 0) is 10.0 Å². The Balaban J connectivity index is 1.87. The van der Waals surface area contributed by atoms with Gasteiger partial charge in [-0.3, -0.25) is 4.79 Å². The van der Waals surface area contributed by atoms with Gasteiger partial charge in [0.2, 0.25) is 10.0 Å². The van der Waals surface area contributed by atoms with Crippen molar-refractivity contribution >= 4 is 37.5 Å². The number of nitrogens with zero attached hydrogens (tertiary/aromatic N) is 1. The van der Waals surface area contributed by atoms with Gasteiger partial charge < -0.3 is 10.4 Å². The Morgan fingerprint density at radius 2 is 1.86 bits per heavy atom. The predicted molar refractivity (Wildman–Crippen MR) is 103 cm³/mol. The summed E-state index contributed by atoms with van der Waals surface area (Å²) < 4.78 is 67.6. The summed E-state index contributed by atoms with van der Waals surface area (Å²) in [4.78, 5) is 11.7. The van der Waals surface area contributed by atoms with Crippen molar-refractivity contribution in [1.82, 2.24) is 4.31 Å². The van der Waals surface area contributed by atoms with Crippen LogP contribution in [0.25, 0.3) is 0 Å². The third-order valence-corrected chi connectivity index (χ3v) is 6.95. The van der Waals surface area contributed by atoms with Crippen LogP contribution in [0.15, 0.2) is 45.8 Å². The van der Waals surface area contributed by atoms with Crippen molar-refractivity contribution in [1.29, 1.82) is 0 Å². The van der Waals surface area contributed by atoms with Crippen molar-refractivity contribution < 1.29 is 31.5 Å². The molecule has 2 unspecified atom stereocenters. The maximum Gasteiger partial charge on any atom is 0.255 e. The molecule has 0 bridgehead atoms. The quantitative estimate of drug-likeness (QED) is 0.686. The van der Waals surface area contributed by atoms with Crippen LogP contribution >= 0.6 is 15.9 Å². The molecule has 156 valence electrons. The first-order valence-corrected chi connectivity index (χ1v) is 10.7. The highest BCUT2D eigenvalue weighted by Crippen LogP contribution is 2.26. The summed E-state index contributed by atoms with van der Waals surface area (Å²) in [6, 6.07) is 6.53. The standard InChI is InChI=1S/C18H16BrF3N2O4S/c19-12-8-11(2-4-13(12)20)23-18(26)10-1-3-14(21)17(7-10)29(27,28)24-6-5-16(25)15(22)9-24/h1-4,7-8,15-16,25H,5-6,9H2,(H,23,26). The fourth-order valence-electron chi connectivity index (χ4n) is 2.84. The summed E-state index contributed by atoms with van der Waals surface area (Å²) in [5, 5.41) is 11.9. The Kier molecular flexibility index (Phi) is 6.32. The van der Waals surface area contributed by atoms with E-state index in [9.17, 15) is 31.5 Å². The number of hydrogen-bond donors (Lipinski definition) is 2. The summed E-state index contributed by atoms with van der Waals surface area (Å²) in [5.41, 5.74) is 0.0848. The minimum atomic E-state index is -4.42. The number of nitrogens with one attached hydrogen (secondary N) is 1. The fourth-order valence-corrected chi connectivity index (χ4v) is 4.77. The first-order valence-electron chi connectivity index (χ1n) is 8.48. The summed E-state index contributed by atoms with van der Waals surface area (Å²) >= 11 is 2.98. The molecule has 1 fully saturated rings. The molecule has 6 nitrogen and oxygen atoms in total. The molecule has 2 atom stereocenters. The fraction of sp³-hybridized carbons (Fsp3) is 0.278. The van der Waals surface area contributed by atoms with Crippen molar-refractivity contribution in [3.05, 3.63) is 58.1 Å². The maximum atomic E-state index is 14.3. The average molecular weight is 493 g/mol. The highest BCUT2D eigenvalue weighted by Gasteiger charge is 2.36. The lowest BCUT2D eigenvalue weighted by molar-refractivity contribution is 0.0303. The van der Waals surface area contributed by atoms with Crippen LogP contribution in [-0.4, -0.2) is 49.1 Å². The van der Waals surface area contributed by atoms with Gasteiger partial charge in [0.25, 0.3) is 5.91 Å². The molecule has 1 heterocycles. The zero-order valence-corrected chi connectivity index (χ0v) is 17.2. The minimum Gasteiger partial charge on any atom is -0.390 e. The molecule has 2 aromatic rings. The monoisotopic (exact) mass is 492 g/mol. The van der Waals surface area contributed by atoms with Gasteiger partial charge in [0.05, 0.1) is 10.6 Å². The van der Waals surface area contributed by atoms with Gasteiger partial charge in [-0.2, -0.15) is 4.31 Å². The van der Waals surface area contributed by atoms with E-state index in [1.807, 2.05) is 0 Å². The van der Waals surface area contributed by atoms with Gasteiger partial charge >= 0.3 is 0 Å². The van der Waals surface area contributed by atoms with E-state index in [0.29, 0.717) is 0 Å². The van der Waals surface area contributed by atoms with Gasteiger partial charge in [-0.05, 0) is 58.7 Å². The van der Waals surface area contributed by atoms with E-state index in [1.54, 1.807) is 0 Å². The number of aliphatic hydroxyl groups excluding tert-OH is 1. The van der Waals surface area contributed by atoms with Crippen molar-refractivity contribution in [2.24, 2.45) is 0 Å². The first-order chi connectivity index (χ1) is 13.6. The predicted octanol–water partition coefficient (Wildman–Crippen LogP) is 3.07. The first kappa shape index (κ1) is 21.8. The van der Waals surface area contributed by atoms with E-state index in [1.165, 1.54) is 12.1 Å². The smallest absolute Gasteiger partial charge is 0.255 e. The average Bonchev–Trinajstić information content (AvgIpc) is 2.67. The van der Waals surface area contributed by atoms with Crippen molar-refractivity contribution in [3.63, 3.8) is 0 Å². The zero-order chi connectivity index (χ0) is 21.3. The highest BCUT2D eigenvalue weighted by atomic mass is 79.9. The summed E-state index contributed by atoms with van der Waals surface area (Å²) in [7, 11) is -4.42. The normalized spacial score (nSPS) is 20.4. The number of amides is 1. The largest absolute Gasteiger partial charge is 0.390 e. The Hall–Kier alpha value is -1.95. The molecule has 1 aliphatic rings. The SMILES string of the molecule is O=C(Nc1ccc(F)c(Br)c1)c1ccc(F)c(S(=O)(=O)N2CCC(O)C(F)C2)c1. The number of carbonyl (C=O) groups excluding carboxylic acids is 1. The summed E-state index contributed by atoms with van der Waals surface area (Å²) in [6.45, 7) is -0.785. The van der Waals surface area contributed by atoms with Crippen molar-refractivity contribution in [2.45, 2.75) is 23.6 Å². The number of hydrogen-bond acceptors (Lipinski definition) is 4. The Labute approximate surface area is 173 Å². The number of anilines is 1. The van der Waals surface area contributed by atoms with E-state index in [0.717, 1.165) is 28.6 Å². The second kappa shape index (κ2) is 8.42. The number of aliphatic hydroxyl groups is 1. The molecule has 2 N–H and O–H groups in total. The molecule has 0 spiro atoms. The van der Waals surface area contributed by atoms with Gasteiger partial charge in [-0.15, -0.1) is 0 Å². The Morgan fingerprint density at radius 3 is 2.52 bits per heavy atom. The molecular formula is C18H16BrF3N2O4S. The van der Waals surface area contributed by atoms with Crippen molar-refractivity contribution in [3.8, 4) is 0 Å². The van der Waals surface area contributed by atoms with Crippen LogP contribution < -0.4 is 5.32 Å². The molecule has 2 aromatic carbocycles. The molecular weight excluding hydrogens is 477 g/mol. The molecule has 1 saturated heterocycles. The second-order valence-electron chi connectivity index (χ2n) is 6.46. The highest BCUT2D eigenvalue weighted by molar-refractivity contribution is 9.10. The van der Waals surface area contributed by atoms with E-state index in [4.69, 9.17) is 0 Å². The third-order valence-electron chi connectivity index (χ3n) is 4.46. The number of halogens is 4. The number of alkyl halides is 1. The lowest BCUT2D eigenvalue weighted by Gasteiger charge is -2.31. The van der Waals surface area contributed by atoms with E-state index in [-0.39, 0.29) is 28.7 Å². The molecule has 0 saturated carbocycles. The van der Waals surface area contributed by atoms with Crippen LogP contribution in [0.2, 0.25) is 0 Å². The molecule has 0 aliphatic carbocycles. The van der Waals surface area contributed by atoms with E-state index >= 15 is 0 Å². The van der Waals surface area contributed by atoms with Gasteiger partial charge in [0.1, 0.15) is 22.7 Å². The molecule has 0 aromatic heterocycles. The number of carbonyl (C=O) groups is 1. The van der Waals surface area contributed by atoms with E-state index in [2.05, 4.69) is 21.2 Å². The zero-order valence-electron chi connectivity index (χ0n) is 14.8. The lowest BCUT2D eigenvalue weighted by Crippen LogP contribution is -2.47. The summed E-state index contributed by atoms with van der Waals surface area (Å²) in [6.07, 6.45) is -3.19. The Morgan fingerprint density at radius 1 is 1.17 bits per heavy atom. The van der Waals surface area contributed by atoms with Gasteiger partial charge in [0.15, 0.2) is 0 Å². The molecule has 0 radical (unpaired) electrons. The maximum absolute atomic E-state index is 14.3. The molecule has 1 amide bonds. The molecule has 1 aliphatic heterocycles. The number of piperidine rings is 1. The molecule has 11 heteroatoms. The second-order valence-corrected chi connectivity index (χ2v) is 9.22. The van der Waals surface area contributed by atoms with Gasteiger partial charge in [0, 0.05) is 24.3 Å². The number of rotatable bonds is 4. The van der Waals surface area contributed by atoms with E-state index < -0.39 is 51.3 Å². The van der Waals surface area contributed by atoms with Gasteiger partial charge in [-0.25, -0.2) is 21.6 Å². The van der Waals surface area contributed by atoms with Crippen LogP contribution in [0.1, 0.15) is 16.8 Å². The number of sulfonamides is 1. The lowest BCUT2D eigenvalue weighted by atomic mass is 10.1. The molecule has 3 rings (SSSR count). The molecule has 29 heavy (non-hydrogen) atoms. The Bertz CT molecular complexity index is 1050. The van der Waals surface area contributed by atoms with Crippen molar-refractivity contribution in [2.75, 3.05) is 18.4 Å². The number of benzene rings is 2. The topological polar surface area (TPSA) is 86.7 Å². The van der Waals surface area contributed by atoms with Crippen LogP contribution in [0.3, 0.4) is 0 Å². The summed E-state index contributed by atoms with van der Waals surface area (Å²) in [5.74, 6) is -2.36. The van der Waals surface area contributed by atoms with Gasteiger partial charge in [-0.1, -0.05) is 0 Å². The minimum absolute atomic E-state index is 0.116. The van der Waals surface area contributed by atoms with Crippen LogP contribution in [0, 0.1) is 11.6 Å². The van der Waals surface area contributed by atoms with Crippen LogP contribution in [0.5, 0.6) is 0 Å².